The Labute approximate surface area is 225 Å². The number of carbonyl (C=O) groups is 1. The molecular formula is C29H39N7O2. The number of carbonyl (C=O) groups excluding carboxylic acids is 1. The minimum absolute atomic E-state index is 0.0458. The molecule has 9 heteroatoms. The Hall–Kier alpha value is -3.46. The van der Waals surface area contributed by atoms with Crippen LogP contribution < -0.4 is 10.6 Å². The van der Waals surface area contributed by atoms with Gasteiger partial charge >= 0.3 is 6.03 Å². The van der Waals surface area contributed by atoms with Crippen molar-refractivity contribution in [3.8, 4) is 11.3 Å². The first kappa shape index (κ1) is 26.2. The van der Waals surface area contributed by atoms with Crippen LogP contribution in [0.15, 0.2) is 42.9 Å². The lowest BCUT2D eigenvalue weighted by Gasteiger charge is -2.25. The highest BCUT2D eigenvalue weighted by Gasteiger charge is 2.30. The topological polar surface area (TPSA) is 97.2 Å². The molecule has 3 heterocycles. The zero-order valence-corrected chi connectivity index (χ0v) is 22.7. The maximum Gasteiger partial charge on any atom is 0.317 e. The normalized spacial score (nSPS) is 19.3. The second-order valence-electron chi connectivity index (χ2n) is 10.8. The molecule has 0 saturated carbocycles. The lowest BCUT2D eigenvalue weighted by molar-refractivity contribution is 0.183. The van der Waals surface area contributed by atoms with E-state index in [0.717, 1.165) is 62.1 Å². The second-order valence-corrected chi connectivity index (χ2v) is 10.8. The first-order valence-electron chi connectivity index (χ1n) is 13.8. The number of methoxy groups -OCH3 is 1. The van der Waals surface area contributed by atoms with E-state index in [1.807, 2.05) is 21.8 Å². The summed E-state index contributed by atoms with van der Waals surface area (Å²) in [5, 5.41) is 10.9. The lowest BCUT2D eigenvalue weighted by Crippen LogP contribution is -2.40. The molecule has 1 saturated heterocycles. The van der Waals surface area contributed by atoms with Crippen molar-refractivity contribution in [2.24, 2.45) is 11.8 Å². The van der Waals surface area contributed by atoms with Crippen LogP contribution in [0.4, 0.5) is 16.4 Å². The highest BCUT2D eigenvalue weighted by atomic mass is 16.5. The molecule has 0 bridgehead atoms. The molecule has 1 aromatic carbocycles. The third kappa shape index (κ3) is 6.15. The van der Waals surface area contributed by atoms with E-state index < -0.39 is 0 Å². The first-order valence-corrected chi connectivity index (χ1v) is 13.8. The predicted molar refractivity (Wildman–Crippen MR) is 148 cm³/mol. The molecule has 38 heavy (non-hydrogen) atoms. The second kappa shape index (κ2) is 11.9. The van der Waals surface area contributed by atoms with Gasteiger partial charge in [0, 0.05) is 38.2 Å². The average molecular weight is 518 g/mol. The van der Waals surface area contributed by atoms with Crippen LogP contribution in [0.5, 0.6) is 0 Å². The van der Waals surface area contributed by atoms with Crippen LogP contribution in [0.2, 0.25) is 0 Å². The average Bonchev–Trinajstić information content (AvgIpc) is 3.55. The van der Waals surface area contributed by atoms with Crippen LogP contribution in [-0.4, -0.2) is 57.5 Å². The number of urea groups is 1. The summed E-state index contributed by atoms with van der Waals surface area (Å²) in [7, 11) is 1.68. The molecule has 2 aliphatic rings. The predicted octanol–water partition coefficient (Wildman–Crippen LogP) is 5.19. The van der Waals surface area contributed by atoms with Crippen molar-refractivity contribution in [3.63, 3.8) is 0 Å². The smallest absolute Gasteiger partial charge is 0.317 e. The number of rotatable bonds is 8. The number of anilines is 2. The van der Waals surface area contributed by atoms with Crippen LogP contribution >= 0.6 is 0 Å². The van der Waals surface area contributed by atoms with Gasteiger partial charge in [0.25, 0.3) is 0 Å². The monoisotopic (exact) mass is 517 g/mol. The van der Waals surface area contributed by atoms with E-state index in [9.17, 15) is 4.79 Å². The van der Waals surface area contributed by atoms with E-state index in [0.29, 0.717) is 30.9 Å². The van der Waals surface area contributed by atoms with E-state index >= 15 is 0 Å². The molecule has 1 aliphatic carbocycles. The number of amides is 2. The lowest BCUT2D eigenvalue weighted by atomic mass is 9.95. The number of likely N-dealkylation sites (tertiary alicyclic amines) is 1. The van der Waals surface area contributed by atoms with Gasteiger partial charge in [-0.05, 0) is 60.8 Å². The number of hydrogen-bond acceptors (Lipinski definition) is 6. The minimum Gasteiger partial charge on any atom is -0.383 e. The van der Waals surface area contributed by atoms with Crippen molar-refractivity contribution in [1.29, 1.82) is 0 Å². The molecule has 9 nitrogen and oxygen atoms in total. The highest BCUT2D eigenvalue weighted by molar-refractivity contribution is 5.75. The van der Waals surface area contributed by atoms with E-state index in [2.05, 4.69) is 52.8 Å². The SMILES string of the molecule is COCCn1cc(Nc2nccc(-c3ccc4c(c3)CCCCC4NC(=O)N3CCC(C(C)C)C3)n2)cn1. The quantitative estimate of drug-likeness (QED) is 0.400. The van der Waals surface area contributed by atoms with Gasteiger partial charge in [-0.15, -0.1) is 0 Å². The number of fused-ring (bicyclic) bond motifs is 1. The van der Waals surface area contributed by atoms with Crippen LogP contribution in [0.3, 0.4) is 0 Å². The Balaban J connectivity index is 1.29. The Bertz CT molecular complexity index is 1240. The number of nitrogens with one attached hydrogen (secondary N) is 2. The minimum atomic E-state index is 0.0458. The Morgan fingerprint density at radius 2 is 2.11 bits per heavy atom. The number of benzene rings is 1. The van der Waals surface area contributed by atoms with Gasteiger partial charge in [-0.25, -0.2) is 14.8 Å². The fourth-order valence-corrected chi connectivity index (χ4v) is 5.49. The maximum atomic E-state index is 13.1. The molecule has 0 radical (unpaired) electrons. The molecule has 0 spiro atoms. The molecule has 2 aromatic heterocycles. The van der Waals surface area contributed by atoms with Gasteiger partial charge in [-0.2, -0.15) is 5.10 Å². The molecule has 1 fully saturated rings. The number of aryl methyl sites for hydroxylation is 1. The molecule has 2 amide bonds. The van der Waals surface area contributed by atoms with Gasteiger partial charge in [0.05, 0.1) is 36.8 Å². The van der Waals surface area contributed by atoms with E-state index in [-0.39, 0.29) is 12.1 Å². The summed E-state index contributed by atoms with van der Waals surface area (Å²) in [6, 6.07) is 8.58. The van der Waals surface area contributed by atoms with Crippen molar-refractivity contribution in [2.75, 3.05) is 32.1 Å². The summed E-state index contributed by atoms with van der Waals surface area (Å²) >= 11 is 0. The molecular weight excluding hydrogens is 478 g/mol. The first-order chi connectivity index (χ1) is 18.5. The Morgan fingerprint density at radius 1 is 1.21 bits per heavy atom. The van der Waals surface area contributed by atoms with E-state index in [1.165, 1.54) is 11.1 Å². The molecule has 3 aromatic rings. The Morgan fingerprint density at radius 3 is 2.92 bits per heavy atom. The molecule has 5 rings (SSSR count). The summed E-state index contributed by atoms with van der Waals surface area (Å²) in [4.78, 5) is 24.3. The van der Waals surface area contributed by atoms with Crippen LogP contribution in [0, 0.1) is 11.8 Å². The number of aromatic nitrogens is 4. The van der Waals surface area contributed by atoms with E-state index in [4.69, 9.17) is 9.72 Å². The summed E-state index contributed by atoms with van der Waals surface area (Å²) in [6.07, 6.45) is 10.7. The fourth-order valence-electron chi connectivity index (χ4n) is 5.49. The fraction of sp³-hybridized carbons (Fsp3) is 0.517. The van der Waals surface area contributed by atoms with Crippen molar-refractivity contribution < 1.29 is 9.53 Å². The number of ether oxygens (including phenoxy) is 1. The van der Waals surface area contributed by atoms with Crippen LogP contribution in [0.25, 0.3) is 11.3 Å². The van der Waals surface area contributed by atoms with E-state index in [1.54, 1.807) is 19.5 Å². The maximum absolute atomic E-state index is 13.1. The van der Waals surface area contributed by atoms with Gasteiger partial charge < -0.3 is 20.3 Å². The number of nitrogens with zero attached hydrogens (tertiary/aromatic N) is 5. The molecule has 2 unspecified atom stereocenters. The zero-order valence-electron chi connectivity index (χ0n) is 22.7. The summed E-state index contributed by atoms with van der Waals surface area (Å²) < 4.78 is 6.94. The van der Waals surface area contributed by atoms with Crippen molar-refractivity contribution >= 4 is 17.7 Å². The Kier molecular flexibility index (Phi) is 8.22. The number of hydrogen-bond donors (Lipinski definition) is 2. The van der Waals surface area contributed by atoms with Gasteiger partial charge in [-0.1, -0.05) is 32.4 Å². The van der Waals surface area contributed by atoms with Crippen molar-refractivity contribution in [3.05, 3.63) is 54.0 Å². The highest BCUT2D eigenvalue weighted by Crippen LogP contribution is 2.33. The molecule has 2 atom stereocenters. The summed E-state index contributed by atoms with van der Waals surface area (Å²) in [5.74, 6) is 1.74. The summed E-state index contributed by atoms with van der Waals surface area (Å²) in [6.45, 7) is 7.50. The molecule has 202 valence electrons. The van der Waals surface area contributed by atoms with Gasteiger partial charge in [0.2, 0.25) is 5.95 Å². The van der Waals surface area contributed by atoms with Crippen molar-refractivity contribution in [2.45, 2.75) is 58.5 Å². The third-order valence-electron chi connectivity index (χ3n) is 7.82. The van der Waals surface area contributed by atoms with Gasteiger partial charge in [-0.3, -0.25) is 4.68 Å². The standard InChI is InChI=1S/C29H39N7O2/c1-20(2)23-11-13-35(18-23)29(37)34-27-7-5-4-6-21-16-22(8-9-25(21)27)26-10-12-30-28(33-26)32-24-17-31-36(19-24)14-15-38-3/h8-10,12,16-17,19-20,23,27H,4-7,11,13-15,18H2,1-3H3,(H,34,37)(H,30,32,33). The molecule has 1 aliphatic heterocycles. The third-order valence-corrected chi connectivity index (χ3v) is 7.82. The van der Waals surface area contributed by atoms with Gasteiger partial charge in [0.1, 0.15) is 0 Å². The van der Waals surface area contributed by atoms with Crippen LogP contribution in [0.1, 0.15) is 56.7 Å². The van der Waals surface area contributed by atoms with Gasteiger partial charge in [0.15, 0.2) is 0 Å². The largest absolute Gasteiger partial charge is 0.383 e. The molecule has 2 N–H and O–H groups in total. The zero-order chi connectivity index (χ0) is 26.5. The van der Waals surface area contributed by atoms with Crippen molar-refractivity contribution in [1.82, 2.24) is 30.0 Å². The summed E-state index contributed by atoms with van der Waals surface area (Å²) in [5.41, 5.74) is 5.26. The van der Waals surface area contributed by atoms with Crippen LogP contribution in [-0.2, 0) is 17.7 Å².